The minimum absolute atomic E-state index is 0.574. The molecule has 0 spiro atoms. The van der Waals surface area contributed by atoms with Crippen molar-refractivity contribution in [2.45, 2.75) is 0 Å². The molecule has 1 aliphatic rings. The SMILES string of the molecule is c1ccc(-c2ccc3c(c2)Oc2cc(-c4ccccc4)ccc2N3c2ccc3oc4cccc(-c5nc(-c6ccccc6)nc(-c6ccccc6)n5)c4c3c2)cc1. The lowest BCUT2D eigenvalue weighted by molar-refractivity contribution is 0.477. The van der Waals surface area contributed by atoms with E-state index in [2.05, 4.69) is 114 Å². The number of fused-ring (bicyclic) bond motifs is 5. The molecule has 6 heteroatoms. The maximum absolute atomic E-state index is 6.79. The van der Waals surface area contributed by atoms with Gasteiger partial charge in [0.1, 0.15) is 11.2 Å². The van der Waals surface area contributed by atoms with E-state index in [9.17, 15) is 0 Å². The highest BCUT2D eigenvalue weighted by atomic mass is 16.5. The minimum Gasteiger partial charge on any atom is -0.456 e. The monoisotopic (exact) mass is 732 g/mol. The van der Waals surface area contributed by atoms with Gasteiger partial charge in [-0.2, -0.15) is 0 Å². The van der Waals surface area contributed by atoms with Crippen LogP contribution >= 0.6 is 0 Å². The van der Waals surface area contributed by atoms with Crippen LogP contribution in [0.15, 0.2) is 199 Å². The van der Waals surface area contributed by atoms with Crippen LogP contribution in [0.3, 0.4) is 0 Å². The molecule has 3 heterocycles. The Bertz CT molecular complexity index is 2950. The van der Waals surface area contributed by atoms with Crippen molar-refractivity contribution in [3.05, 3.63) is 194 Å². The van der Waals surface area contributed by atoms with E-state index in [0.717, 1.165) is 89.4 Å². The summed E-state index contributed by atoms with van der Waals surface area (Å²) in [5.74, 6) is 3.34. The Kier molecular flexibility index (Phi) is 7.71. The van der Waals surface area contributed by atoms with Gasteiger partial charge in [-0.3, -0.25) is 0 Å². The zero-order chi connectivity index (χ0) is 37.7. The molecule has 6 nitrogen and oxygen atoms in total. The standard InChI is InChI=1S/C51H32N4O2/c1-5-14-33(15-6-1)37-24-27-42-46(30-37)57-47-31-38(34-16-7-2-8-17-34)25-28-43(47)55(42)39-26-29-44-41(32-39)48-40(22-13-23-45(48)56-44)51-53-49(35-18-9-3-10-19-35)52-50(54-51)36-20-11-4-12-21-36/h1-32H. The average Bonchev–Trinajstić information content (AvgIpc) is 3.67. The third kappa shape index (κ3) is 5.79. The van der Waals surface area contributed by atoms with E-state index in [4.69, 9.17) is 24.1 Å². The average molecular weight is 733 g/mol. The number of hydrogen-bond donors (Lipinski definition) is 0. The topological polar surface area (TPSA) is 64.3 Å². The third-order valence-electron chi connectivity index (χ3n) is 10.5. The molecule has 0 amide bonds. The predicted octanol–water partition coefficient (Wildman–Crippen LogP) is 13.7. The maximum Gasteiger partial charge on any atom is 0.164 e. The molecule has 0 aliphatic carbocycles. The van der Waals surface area contributed by atoms with Gasteiger partial charge in [-0.1, -0.05) is 146 Å². The number of hydrogen-bond acceptors (Lipinski definition) is 6. The maximum atomic E-state index is 6.79. The molecule has 268 valence electrons. The number of aromatic nitrogens is 3. The lowest BCUT2D eigenvalue weighted by atomic mass is 10.0. The van der Waals surface area contributed by atoms with Gasteiger partial charge in [0, 0.05) is 33.2 Å². The molecule has 57 heavy (non-hydrogen) atoms. The van der Waals surface area contributed by atoms with E-state index in [-0.39, 0.29) is 0 Å². The second-order valence-corrected chi connectivity index (χ2v) is 14.0. The Morgan fingerprint density at radius 2 is 0.877 bits per heavy atom. The Morgan fingerprint density at radius 3 is 1.42 bits per heavy atom. The van der Waals surface area contributed by atoms with Gasteiger partial charge in [0.25, 0.3) is 0 Å². The molecule has 10 aromatic rings. The lowest BCUT2D eigenvalue weighted by Gasteiger charge is -2.33. The van der Waals surface area contributed by atoms with Crippen LogP contribution in [-0.4, -0.2) is 15.0 Å². The van der Waals surface area contributed by atoms with Gasteiger partial charge in [-0.25, -0.2) is 15.0 Å². The summed E-state index contributed by atoms with van der Waals surface area (Å²) >= 11 is 0. The van der Waals surface area contributed by atoms with Crippen LogP contribution in [0.5, 0.6) is 11.5 Å². The van der Waals surface area contributed by atoms with Crippen LogP contribution in [0.25, 0.3) is 78.4 Å². The van der Waals surface area contributed by atoms with Crippen LogP contribution in [0, 0.1) is 0 Å². The second-order valence-electron chi connectivity index (χ2n) is 14.0. The van der Waals surface area contributed by atoms with Crippen molar-refractivity contribution in [3.8, 4) is 67.9 Å². The smallest absolute Gasteiger partial charge is 0.164 e. The Hall–Kier alpha value is -7.83. The molecule has 2 aromatic heterocycles. The minimum atomic E-state index is 0.574. The zero-order valence-electron chi connectivity index (χ0n) is 30.6. The largest absolute Gasteiger partial charge is 0.456 e. The third-order valence-corrected chi connectivity index (χ3v) is 10.5. The molecule has 0 atom stereocenters. The van der Waals surface area contributed by atoms with Crippen molar-refractivity contribution in [1.29, 1.82) is 0 Å². The number of benzene rings is 8. The summed E-state index contributed by atoms with van der Waals surface area (Å²) in [6.45, 7) is 0. The quantitative estimate of drug-likeness (QED) is 0.170. The van der Waals surface area contributed by atoms with Gasteiger partial charge in [-0.15, -0.1) is 0 Å². The molecule has 0 saturated heterocycles. The van der Waals surface area contributed by atoms with Gasteiger partial charge < -0.3 is 14.1 Å². The van der Waals surface area contributed by atoms with Crippen LogP contribution < -0.4 is 9.64 Å². The van der Waals surface area contributed by atoms with E-state index < -0.39 is 0 Å². The Morgan fingerprint density at radius 1 is 0.368 bits per heavy atom. The van der Waals surface area contributed by atoms with Crippen molar-refractivity contribution >= 4 is 39.0 Å². The van der Waals surface area contributed by atoms with E-state index >= 15 is 0 Å². The van der Waals surface area contributed by atoms with Crippen molar-refractivity contribution < 1.29 is 9.15 Å². The molecule has 8 aromatic carbocycles. The van der Waals surface area contributed by atoms with Gasteiger partial charge in [-0.05, 0) is 70.8 Å². The molecular formula is C51H32N4O2. The number of nitrogens with zero attached hydrogens (tertiary/aromatic N) is 4. The summed E-state index contributed by atoms with van der Waals surface area (Å²) in [4.78, 5) is 17.4. The normalized spacial score (nSPS) is 12.0. The Labute approximate surface area is 329 Å². The first-order valence-corrected chi connectivity index (χ1v) is 18.9. The zero-order valence-corrected chi connectivity index (χ0v) is 30.6. The van der Waals surface area contributed by atoms with Crippen molar-refractivity contribution in [2.24, 2.45) is 0 Å². The predicted molar refractivity (Wildman–Crippen MR) is 229 cm³/mol. The molecular weight excluding hydrogens is 701 g/mol. The first-order valence-electron chi connectivity index (χ1n) is 18.9. The molecule has 0 unspecified atom stereocenters. The lowest BCUT2D eigenvalue weighted by Crippen LogP contribution is -2.16. The van der Waals surface area contributed by atoms with Crippen molar-refractivity contribution in [2.75, 3.05) is 4.90 Å². The van der Waals surface area contributed by atoms with Gasteiger partial charge in [0.15, 0.2) is 29.0 Å². The fourth-order valence-electron chi connectivity index (χ4n) is 7.78. The van der Waals surface area contributed by atoms with Crippen LogP contribution in [0.2, 0.25) is 0 Å². The molecule has 0 radical (unpaired) electrons. The van der Waals surface area contributed by atoms with Gasteiger partial charge in [0.2, 0.25) is 0 Å². The highest BCUT2D eigenvalue weighted by Gasteiger charge is 2.28. The highest BCUT2D eigenvalue weighted by Crippen LogP contribution is 2.53. The van der Waals surface area contributed by atoms with E-state index in [1.54, 1.807) is 0 Å². The molecule has 0 fully saturated rings. The number of rotatable bonds is 6. The summed E-state index contributed by atoms with van der Waals surface area (Å²) in [5, 5.41) is 1.89. The summed E-state index contributed by atoms with van der Waals surface area (Å²) in [7, 11) is 0. The van der Waals surface area contributed by atoms with E-state index in [1.807, 2.05) is 84.9 Å². The van der Waals surface area contributed by atoms with Gasteiger partial charge >= 0.3 is 0 Å². The van der Waals surface area contributed by atoms with Crippen LogP contribution in [-0.2, 0) is 0 Å². The highest BCUT2D eigenvalue weighted by molar-refractivity contribution is 6.13. The second kappa shape index (κ2) is 13.5. The molecule has 0 bridgehead atoms. The summed E-state index contributed by atoms with van der Waals surface area (Å²) in [5.41, 5.74) is 11.5. The Balaban J connectivity index is 1.10. The molecule has 11 rings (SSSR count). The first-order chi connectivity index (χ1) is 28.2. The van der Waals surface area contributed by atoms with E-state index in [0.29, 0.717) is 17.5 Å². The van der Waals surface area contributed by atoms with E-state index in [1.165, 1.54) is 0 Å². The van der Waals surface area contributed by atoms with Crippen LogP contribution in [0.1, 0.15) is 0 Å². The number of ether oxygens (including phenoxy) is 1. The molecule has 1 aliphatic heterocycles. The van der Waals surface area contributed by atoms with Crippen molar-refractivity contribution in [1.82, 2.24) is 15.0 Å². The summed E-state index contributed by atoms with van der Waals surface area (Å²) in [6, 6.07) is 66.2. The van der Waals surface area contributed by atoms with Crippen LogP contribution in [0.4, 0.5) is 17.1 Å². The molecule has 0 saturated carbocycles. The molecule has 0 N–H and O–H groups in total. The first kappa shape index (κ1) is 32.6. The van der Waals surface area contributed by atoms with Gasteiger partial charge in [0.05, 0.1) is 11.4 Å². The fraction of sp³-hybridized carbons (Fsp3) is 0. The summed E-state index contributed by atoms with van der Waals surface area (Å²) < 4.78 is 13.3. The van der Waals surface area contributed by atoms with Crippen molar-refractivity contribution in [3.63, 3.8) is 0 Å². The summed E-state index contributed by atoms with van der Waals surface area (Å²) in [6.07, 6.45) is 0. The number of anilines is 3. The fourth-order valence-corrected chi connectivity index (χ4v) is 7.78. The number of furan rings is 1.